The van der Waals surface area contributed by atoms with Gasteiger partial charge in [-0.1, -0.05) is 0 Å². The van der Waals surface area contributed by atoms with Crippen molar-refractivity contribution in [2.45, 2.75) is 75.1 Å². The number of hydrogen-bond donors (Lipinski definition) is 2. The predicted molar refractivity (Wildman–Crippen MR) is 84.6 cm³/mol. The van der Waals surface area contributed by atoms with Crippen LogP contribution in [0.5, 0.6) is 0 Å². The van der Waals surface area contributed by atoms with Crippen molar-refractivity contribution in [2.24, 2.45) is 33.9 Å². The summed E-state index contributed by atoms with van der Waals surface area (Å²) in [6.07, 6.45) is 8.15. The Kier molecular flexibility index (Phi) is 2.16. The largest absolute Gasteiger partial charge is 0.390 e. The first-order valence-electron chi connectivity index (χ1n) is 9.34. The number of nitrogens with two attached hydrogens (primary N) is 1. The average Bonchev–Trinajstić information content (AvgIpc) is 3.10. The first-order valence-corrected chi connectivity index (χ1v) is 9.34. The quantitative estimate of drug-likeness (QED) is 0.759. The molecule has 0 aromatic heterocycles. The summed E-state index contributed by atoms with van der Waals surface area (Å²) >= 11 is 0. The predicted octanol–water partition coefficient (Wildman–Crippen LogP) is 1.05. The Morgan fingerprint density at radius 3 is 2.57 bits per heavy atom. The van der Waals surface area contributed by atoms with Gasteiger partial charge in [-0.2, -0.15) is 0 Å². The second-order valence-electron chi connectivity index (χ2n) is 9.56. The van der Waals surface area contributed by atoms with E-state index < -0.39 is 5.60 Å². The van der Waals surface area contributed by atoms with Crippen LogP contribution < -0.4 is 5.73 Å². The van der Waals surface area contributed by atoms with E-state index in [1.807, 2.05) is 0 Å². The molecule has 2 unspecified atom stereocenters. The second kappa shape index (κ2) is 3.76. The first-order chi connectivity index (χ1) is 11.0. The molecule has 5 nitrogen and oxygen atoms in total. The molecule has 5 heteroatoms. The third-order valence-corrected chi connectivity index (χ3v) is 7.87. The van der Waals surface area contributed by atoms with E-state index in [4.69, 9.17) is 10.7 Å². The van der Waals surface area contributed by atoms with Gasteiger partial charge in [-0.05, 0) is 69.1 Å². The minimum absolute atomic E-state index is 0.0690. The van der Waals surface area contributed by atoms with E-state index in [1.54, 1.807) is 0 Å². The summed E-state index contributed by atoms with van der Waals surface area (Å²) < 4.78 is 0. The maximum absolute atomic E-state index is 13.3. The zero-order chi connectivity index (χ0) is 15.6. The van der Waals surface area contributed by atoms with Crippen molar-refractivity contribution in [3.05, 3.63) is 0 Å². The van der Waals surface area contributed by atoms with Crippen LogP contribution >= 0.6 is 0 Å². The second-order valence-corrected chi connectivity index (χ2v) is 9.56. The van der Waals surface area contributed by atoms with Gasteiger partial charge >= 0.3 is 0 Å². The molecule has 124 valence electrons. The fraction of sp³-hybridized carbons (Fsp3) is 0.889. The van der Waals surface area contributed by atoms with E-state index in [2.05, 4.69) is 4.90 Å². The van der Waals surface area contributed by atoms with Crippen molar-refractivity contribution < 1.29 is 9.90 Å². The van der Waals surface area contributed by atoms with Crippen molar-refractivity contribution in [2.75, 3.05) is 0 Å². The minimum atomic E-state index is -0.543. The van der Waals surface area contributed by atoms with Gasteiger partial charge in [-0.15, -0.1) is 0 Å². The fourth-order valence-corrected chi connectivity index (χ4v) is 7.47. The molecule has 5 aliphatic carbocycles. The highest BCUT2D eigenvalue weighted by atomic mass is 16.3. The smallest absolute Gasteiger partial charge is 0.248 e. The lowest BCUT2D eigenvalue weighted by molar-refractivity contribution is -0.178. The van der Waals surface area contributed by atoms with Gasteiger partial charge < -0.3 is 15.7 Å². The number of piperidine rings is 1. The molecule has 2 aliphatic heterocycles. The summed E-state index contributed by atoms with van der Waals surface area (Å²) in [5, 5.41) is 11.0. The molecule has 7 aliphatic rings. The van der Waals surface area contributed by atoms with Gasteiger partial charge in [0.15, 0.2) is 0 Å². The molecule has 1 amide bonds. The summed E-state index contributed by atoms with van der Waals surface area (Å²) in [6, 6.07) is 0.177. The lowest BCUT2D eigenvalue weighted by Gasteiger charge is -2.62. The van der Waals surface area contributed by atoms with E-state index in [9.17, 15) is 9.90 Å². The molecule has 4 bridgehead atoms. The van der Waals surface area contributed by atoms with Crippen LogP contribution in [0.4, 0.5) is 0 Å². The Morgan fingerprint density at radius 2 is 1.87 bits per heavy atom. The summed E-state index contributed by atoms with van der Waals surface area (Å²) in [5.74, 6) is 2.73. The number of carbonyl (C=O) groups excluding carboxylic acids is 1. The molecular weight excluding hydrogens is 290 g/mol. The van der Waals surface area contributed by atoms with Crippen LogP contribution in [-0.4, -0.2) is 45.5 Å². The van der Waals surface area contributed by atoms with Gasteiger partial charge in [-0.25, -0.2) is 0 Å². The molecule has 0 aromatic rings. The van der Waals surface area contributed by atoms with Crippen LogP contribution in [0.25, 0.3) is 0 Å². The number of aliphatic imine (C=N–C) groups is 1. The summed E-state index contributed by atoms with van der Waals surface area (Å²) in [4.78, 5) is 20.1. The lowest BCUT2D eigenvalue weighted by Crippen LogP contribution is -2.64. The van der Waals surface area contributed by atoms with E-state index in [-0.39, 0.29) is 23.4 Å². The summed E-state index contributed by atoms with van der Waals surface area (Å²) in [6.45, 7) is 0. The number of hydrogen-bond acceptors (Lipinski definition) is 4. The maximum Gasteiger partial charge on any atom is 0.248 e. The Labute approximate surface area is 136 Å². The molecule has 0 aromatic carbocycles. The first kappa shape index (κ1) is 13.2. The van der Waals surface area contributed by atoms with Crippen LogP contribution in [0.3, 0.4) is 0 Å². The van der Waals surface area contributed by atoms with E-state index in [1.165, 1.54) is 6.42 Å². The van der Waals surface area contributed by atoms with Crippen LogP contribution in [0.15, 0.2) is 4.99 Å². The molecule has 6 fully saturated rings. The van der Waals surface area contributed by atoms with Crippen LogP contribution in [0.1, 0.15) is 51.4 Å². The Balaban J connectivity index is 1.42. The normalized spacial score (nSPS) is 58.9. The molecule has 0 spiro atoms. The van der Waals surface area contributed by atoms with Gasteiger partial charge in [0, 0.05) is 11.5 Å². The average molecular weight is 315 g/mol. The molecule has 0 radical (unpaired) electrons. The van der Waals surface area contributed by atoms with Gasteiger partial charge in [0.2, 0.25) is 5.91 Å². The molecule has 1 saturated heterocycles. The maximum atomic E-state index is 13.3. The molecule has 3 N–H and O–H groups in total. The number of fused-ring (bicyclic) bond motifs is 3. The lowest BCUT2D eigenvalue weighted by atomic mass is 9.46. The standard InChI is InChI=1S/C18H25N3O2/c19-15-13-3-11-2-12(11)21(13)16(22)14(20-15)17-4-9-1-10(5-17)7-18(23,6-9)8-17/h9-14,23H,1-8H2,(H2,19,20)/t9-,10+,11-,12-,13+,14+,17?,18?/m0/s1. The van der Waals surface area contributed by atoms with Gasteiger partial charge in [0.05, 0.1) is 11.6 Å². The van der Waals surface area contributed by atoms with Crippen molar-refractivity contribution in [3.63, 3.8) is 0 Å². The van der Waals surface area contributed by atoms with Crippen LogP contribution in [0, 0.1) is 23.2 Å². The summed E-state index contributed by atoms with van der Waals surface area (Å²) in [7, 11) is 0. The van der Waals surface area contributed by atoms with Gasteiger partial charge in [-0.3, -0.25) is 9.79 Å². The Morgan fingerprint density at radius 1 is 1.13 bits per heavy atom. The molecule has 2 heterocycles. The highest BCUT2D eigenvalue weighted by Gasteiger charge is 2.65. The third kappa shape index (κ3) is 1.57. The van der Waals surface area contributed by atoms with Crippen molar-refractivity contribution >= 4 is 11.7 Å². The zero-order valence-corrected chi connectivity index (χ0v) is 13.4. The zero-order valence-electron chi connectivity index (χ0n) is 13.4. The highest BCUT2D eigenvalue weighted by Crippen LogP contribution is 2.64. The number of carbonyl (C=O) groups is 1. The number of amides is 1. The molecule has 7 rings (SSSR count). The Hall–Kier alpha value is -1.10. The Bertz CT molecular complexity index is 630. The van der Waals surface area contributed by atoms with Crippen molar-refractivity contribution in [1.82, 2.24) is 4.90 Å². The molecular formula is C18H25N3O2. The van der Waals surface area contributed by atoms with E-state index in [0.717, 1.165) is 44.9 Å². The fourth-order valence-electron chi connectivity index (χ4n) is 7.47. The van der Waals surface area contributed by atoms with E-state index >= 15 is 0 Å². The highest BCUT2D eigenvalue weighted by molar-refractivity contribution is 5.99. The molecule has 23 heavy (non-hydrogen) atoms. The summed E-state index contributed by atoms with van der Waals surface area (Å²) in [5.41, 5.74) is 5.63. The number of aliphatic hydroxyl groups is 1. The molecule has 5 saturated carbocycles. The monoisotopic (exact) mass is 315 g/mol. The third-order valence-electron chi connectivity index (χ3n) is 7.87. The number of rotatable bonds is 1. The number of nitrogens with zero attached hydrogens (tertiary/aromatic N) is 2. The van der Waals surface area contributed by atoms with Crippen LogP contribution in [0.2, 0.25) is 0 Å². The van der Waals surface area contributed by atoms with E-state index in [0.29, 0.717) is 29.6 Å². The van der Waals surface area contributed by atoms with Crippen LogP contribution in [-0.2, 0) is 4.79 Å². The topological polar surface area (TPSA) is 78.9 Å². The molecule has 8 atom stereocenters. The van der Waals surface area contributed by atoms with Crippen molar-refractivity contribution in [3.8, 4) is 0 Å². The number of amidine groups is 1. The SMILES string of the molecule is NC1=N[C@@H](C23C[C@@H]4C[C@@H](CC(O)(C4)C2)C3)C(=O)N2[C@@H]1C[C@@H]1C[C@@H]12. The van der Waals surface area contributed by atoms with Gasteiger partial charge in [0.1, 0.15) is 11.9 Å². The minimum Gasteiger partial charge on any atom is -0.390 e. The van der Waals surface area contributed by atoms with Crippen molar-refractivity contribution in [1.29, 1.82) is 0 Å². The van der Waals surface area contributed by atoms with Gasteiger partial charge in [0.25, 0.3) is 0 Å².